The zero-order valence-corrected chi connectivity index (χ0v) is 5.32. The van der Waals surface area contributed by atoms with Crippen molar-refractivity contribution in [2.24, 2.45) is 0 Å². The lowest BCUT2D eigenvalue weighted by molar-refractivity contribution is -0.592. The number of rotatable bonds is 3. The Bertz CT molecular complexity index is 217. The molecule has 0 radical (unpaired) electrons. The van der Waals surface area contributed by atoms with Crippen LogP contribution in [0.1, 0.15) is 0 Å². The summed E-state index contributed by atoms with van der Waals surface area (Å²) >= 11 is 0. The molecule has 0 fully saturated rings. The second-order valence-electron chi connectivity index (χ2n) is 1.06. The van der Waals surface area contributed by atoms with Crippen LogP contribution in [0.25, 0.3) is 0 Å². The summed E-state index contributed by atoms with van der Waals surface area (Å²) in [6.07, 6.45) is 0. The van der Waals surface area contributed by atoms with Crippen LogP contribution in [0.3, 0.4) is 0 Å². The van der Waals surface area contributed by atoms with Gasteiger partial charge in [-0.05, 0) is 0 Å². The minimum absolute atomic E-state index is 0.819. The SMILES string of the molecule is N#CP(=O)(O)ON[N+](=O)[O-]. The highest BCUT2D eigenvalue weighted by Gasteiger charge is 2.20. The highest BCUT2D eigenvalue weighted by atomic mass is 31.2. The van der Waals surface area contributed by atoms with Crippen LogP contribution in [0.4, 0.5) is 0 Å². The molecule has 56 valence electrons. The van der Waals surface area contributed by atoms with Crippen molar-refractivity contribution in [3.8, 4) is 5.81 Å². The number of nitriles is 1. The van der Waals surface area contributed by atoms with E-state index in [9.17, 15) is 14.7 Å². The van der Waals surface area contributed by atoms with Gasteiger partial charge in [0.1, 0.15) is 0 Å². The molecule has 0 saturated heterocycles. The predicted octanol–water partition coefficient (Wildman–Crippen LogP) is -0.634. The Balaban J connectivity index is 3.83. The zero-order valence-electron chi connectivity index (χ0n) is 4.42. The van der Waals surface area contributed by atoms with Gasteiger partial charge in [-0.1, -0.05) is 0 Å². The fourth-order valence-electron chi connectivity index (χ4n) is 0.109. The van der Waals surface area contributed by atoms with Gasteiger partial charge in [-0.15, -0.1) is 4.62 Å². The van der Waals surface area contributed by atoms with E-state index in [0.29, 0.717) is 0 Å². The standard InChI is InChI=1S/CH2N3O5P/c2-1-10(7,8)9-3-4(5)6/h3H,(H,7,8). The van der Waals surface area contributed by atoms with E-state index >= 15 is 0 Å². The van der Waals surface area contributed by atoms with Crippen molar-refractivity contribution in [3.05, 3.63) is 10.1 Å². The lowest BCUT2D eigenvalue weighted by Crippen LogP contribution is -2.19. The number of hydrogen-bond donors (Lipinski definition) is 2. The smallest absolute Gasteiger partial charge is 0.312 e. The molecule has 2 N–H and O–H groups in total. The number of hydrogen-bond acceptors (Lipinski definition) is 5. The van der Waals surface area contributed by atoms with Crippen LogP contribution in [-0.4, -0.2) is 9.93 Å². The average molecular weight is 167 g/mol. The quantitative estimate of drug-likeness (QED) is 0.325. The van der Waals surface area contributed by atoms with Crippen molar-refractivity contribution in [3.63, 3.8) is 0 Å². The molecule has 1 atom stereocenters. The molecule has 0 aromatic carbocycles. The molecule has 9 heteroatoms. The molecule has 0 aromatic heterocycles. The first-order valence-corrected chi connectivity index (χ1v) is 3.38. The van der Waals surface area contributed by atoms with Crippen LogP contribution in [0.2, 0.25) is 0 Å². The average Bonchev–Trinajstić information content (AvgIpc) is 1.85. The van der Waals surface area contributed by atoms with Gasteiger partial charge < -0.3 is 4.89 Å². The molecule has 0 aliphatic carbocycles. The van der Waals surface area contributed by atoms with Gasteiger partial charge in [-0.2, -0.15) is 5.26 Å². The molecule has 0 aliphatic heterocycles. The Hall–Kier alpha value is -1.16. The molecule has 0 aliphatic rings. The van der Waals surface area contributed by atoms with Gasteiger partial charge in [0.2, 0.25) is 0 Å². The van der Waals surface area contributed by atoms with Crippen molar-refractivity contribution >= 4 is 7.60 Å². The largest absolute Gasteiger partial charge is 0.454 e. The van der Waals surface area contributed by atoms with Crippen LogP contribution in [-0.2, 0) is 9.19 Å². The van der Waals surface area contributed by atoms with Gasteiger partial charge in [0, 0.05) is 5.59 Å². The first-order chi connectivity index (χ1) is 4.48. The van der Waals surface area contributed by atoms with Crippen LogP contribution >= 0.6 is 7.60 Å². The molecule has 1 unspecified atom stereocenters. The summed E-state index contributed by atoms with van der Waals surface area (Å²) in [4.78, 5) is 17.6. The molecule has 0 amide bonds. The number of nitrogens with zero attached hydrogens (tertiary/aromatic N) is 2. The Kier molecular flexibility index (Phi) is 2.76. The second-order valence-corrected chi connectivity index (χ2v) is 2.48. The topological polar surface area (TPSA) is 125 Å². The molecule has 10 heavy (non-hydrogen) atoms. The van der Waals surface area contributed by atoms with Crippen LogP contribution in [0, 0.1) is 21.2 Å². The molecule has 8 nitrogen and oxygen atoms in total. The summed E-state index contributed by atoms with van der Waals surface area (Å²) < 4.78 is 13.5. The van der Waals surface area contributed by atoms with E-state index in [-0.39, 0.29) is 0 Å². The predicted molar refractivity (Wildman–Crippen MR) is 26.7 cm³/mol. The van der Waals surface area contributed by atoms with E-state index in [0.717, 1.165) is 11.4 Å². The van der Waals surface area contributed by atoms with Crippen molar-refractivity contribution in [2.75, 3.05) is 0 Å². The van der Waals surface area contributed by atoms with E-state index in [1.807, 2.05) is 0 Å². The van der Waals surface area contributed by atoms with Gasteiger partial charge >= 0.3 is 7.60 Å². The van der Waals surface area contributed by atoms with Crippen LogP contribution in [0.5, 0.6) is 0 Å². The van der Waals surface area contributed by atoms with Crippen molar-refractivity contribution < 1.29 is 19.1 Å². The van der Waals surface area contributed by atoms with Crippen molar-refractivity contribution in [2.45, 2.75) is 0 Å². The van der Waals surface area contributed by atoms with E-state index in [4.69, 9.17) is 10.2 Å². The van der Waals surface area contributed by atoms with Crippen molar-refractivity contribution in [1.29, 1.82) is 5.26 Å². The fraction of sp³-hybridized carbons (Fsp3) is 0. The van der Waals surface area contributed by atoms with Gasteiger partial charge in [-0.3, -0.25) is 0 Å². The molecule has 0 aromatic rings. The first-order valence-electron chi connectivity index (χ1n) is 1.81. The normalized spacial score (nSPS) is 14.8. The minimum Gasteiger partial charge on any atom is -0.312 e. The fourth-order valence-corrected chi connectivity index (χ4v) is 0.327. The maximum Gasteiger partial charge on any atom is 0.454 e. The summed E-state index contributed by atoms with van der Waals surface area (Å²) in [6, 6.07) is 0. The van der Waals surface area contributed by atoms with Crippen LogP contribution in [0.15, 0.2) is 0 Å². The molecule has 0 rings (SSSR count). The summed E-state index contributed by atoms with van der Waals surface area (Å²) in [6.45, 7) is 0. The second kappa shape index (κ2) is 3.12. The molecular formula is CH2N3O5P. The van der Waals surface area contributed by atoms with Crippen LogP contribution < -0.4 is 5.59 Å². The number of nitrogens with one attached hydrogen (secondary N) is 1. The highest BCUT2D eigenvalue weighted by molar-refractivity contribution is 7.58. The monoisotopic (exact) mass is 167 g/mol. The summed E-state index contributed by atoms with van der Waals surface area (Å²) in [5.41, 5.74) is 0.923. The molecule has 0 saturated carbocycles. The zero-order chi connectivity index (χ0) is 8.20. The highest BCUT2D eigenvalue weighted by Crippen LogP contribution is 2.37. The lowest BCUT2D eigenvalue weighted by atomic mass is 11.8. The summed E-state index contributed by atoms with van der Waals surface area (Å²) in [5, 5.41) is 15.9. The molecule has 0 bridgehead atoms. The Morgan fingerprint density at radius 3 is 2.70 bits per heavy atom. The minimum atomic E-state index is -4.47. The third-order valence-electron chi connectivity index (χ3n) is 0.365. The number of hydrazine groups is 1. The molecular weight excluding hydrogens is 165 g/mol. The van der Waals surface area contributed by atoms with E-state index < -0.39 is 12.6 Å². The number of nitro groups is 1. The van der Waals surface area contributed by atoms with Gasteiger partial charge in [-0.25, -0.2) is 14.7 Å². The molecule has 0 heterocycles. The van der Waals surface area contributed by atoms with Gasteiger partial charge in [0.15, 0.2) is 10.8 Å². The Morgan fingerprint density at radius 2 is 2.40 bits per heavy atom. The van der Waals surface area contributed by atoms with E-state index in [1.54, 1.807) is 0 Å². The summed E-state index contributed by atoms with van der Waals surface area (Å²) in [7, 11) is -4.47. The third-order valence-corrected chi connectivity index (χ3v) is 0.947. The maximum atomic E-state index is 10.1. The van der Waals surface area contributed by atoms with Crippen molar-refractivity contribution in [1.82, 2.24) is 5.59 Å². The lowest BCUT2D eigenvalue weighted by Gasteiger charge is -1.96. The third kappa shape index (κ3) is 3.80. The van der Waals surface area contributed by atoms with Gasteiger partial charge in [0.25, 0.3) is 0 Å². The Labute approximate surface area is 54.6 Å². The maximum absolute atomic E-state index is 10.1. The van der Waals surface area contributed by atoms with E-state index in [1.165, 1.54) is 0 Å². The first kappa shape index (κ1) is 8.84. The Morgan fingerprint density at radius 1 is 1.90 bits per heavy atom. The van der Waals surface area contributed by atoms with Gasteiger partial charge in [0.05, 0.1) is 0 Å². The molecule has 0 spiro atoms. The van der Waals surface area contributed by atoms with E-state index in [2.05, 4.69) is 4.62 Å². The summed E-state index contributed by atoms with van der Waals surface area (Å²) in [5.74, 6) is 0.819.